The SMILES string of the molecule is CSc1cc(-c2ccc(F)cc2)n(CCO)c(=O)c1. The summed E-state index contributed by atoms with van der Waals surface area (Å²) < 4.78 is 14.5. The molecule has 2 rings (SSSR count). The van der Waals surface area contributed by atoms with Gasteiger partial charge in [-0.15, -0.1) is 11.8 Å². The largest absolute Gasteiger partial charge is 0.395 e. The molecule has 2 aromatic rings. The fraction of sp³-hybridized carbons (Fsp3) is 0.214. The molecule has 0 aliphatic heterocycles. The van der Waals surface area contributed by atoms with Gasteiger partial charge in [0, 0.05) is 17.5 Å². The summed E-state index contributed by atoms with van der Waals surface area (Å²) in [7, 11) is 0. The lowest BCUT2D eigenvalue weighted by atomic mass is 10.1. The minimum atomic E-state index is -0.319. The lowest BCUT2D eigenvalue weighted by molar-refractivity contribution is 0.275. The molecule has 0 aliphatic carbocycles. The lowest BCUT2D eigenvalue weighted by Gasteiger charge is -2.13. The highest BCUT2D eigenvalue weighted by Gasteiger charge is 2.08. The van der Waals surface area contributed by atoms with E-state index < -0.39 is 0 Å². The number of rotatable bonds is 4. The highest BCUT2D eigenvalue weighted by atomic mass is 32.2. The number of nitrogens with zero attached hydrogens (tertiary/aromatic N) is 1. The summed E-state index contributed by atoms with van der Waals surface area (Å²) in [6, 6.07) is 9.37. The van der Waals surface area contributed by atoms with Crippen molar-refractivity contribution in [3.63, 3.8) is 0 Å². The van der Waals surface area contributed by atoms with Crippen LogP contribution in [0.4, 0.5) is 4.39 Å². The van der Waals surface area contributed by atoms with Crippen molar-refractivity contribution in [1.82, 2.24) is 4.57 Å². The number of pyridine rings is 1. The summed E-state index contributed by atoms with van der Waals surface area (Å²) in [6.07, 6.45) is 1.89. The van der Waals surface area contributed by atoms with E-state index in [0.29, 0.717) is 5.69 Å². The summed E-state index contributed by atoms with van der Waals surface area (Å²) in [5, 5.41) is 9.06. The predicted octanol–water partition coefficient (Wildman–Crippen LogP) is 2.37. The van der Waals surface area contributed by atoms with E-state index in [1.54, 1.807) is 12.1 Å². The van der Waals surface area contributed by atoms with Crippen LogP contribution in [0.5, 0.6) is 0 Å². The van der Waals surface area contributed by atoms with E-state index in [-0.39, 0.29) is 24.5 Å². The lowest BCUT2D eigenvalue weighted by Crippen LogP contribution is -2.22. The smallest absolute Gasteiger partial charge is 0.252 e. The number of thioether (sulfide) groups is 1. The maximum absolute atomic E-state index is 13.0. The Morgan fingerprint density at radius 3 is 2.53 bits per heavy atom. The van der Waals surface area contributed by atoms with Gasteiger partial charge in [0.25, 0.3) is 5.56 Å². The first-order valence-electron chi connectivity index (χ1n) is 5.81. The molecule has 1 N–H and O–H groups in total. The number of benzene rings is 1. The molecule has 0 unspecified atom stereocenters. The third-order valence-electron chi connectivity index (χ3n) is 2.80. The van der Waals surface area contributed by atoms with Crippen LogP contribution in [-0.2, 0) is 6.54 Å². The van der Waals surface area contributed by atoms with E-state index in [1.165, 1.54) is 34.5 Å². The number of hydrogen-bond acceptors (Lipinski definition) is 3. The van der Waals surface area contributed by atoms with Crippen molar-refractivity contribution in [3.8, 4) is 11.3 Å². The maximum atomic E-state index is 13.0. The zero-order valence-electron chi connectivity index (χ0n) is 10.5. The first-order chi connectivity index (χ1) is 9.15. The summed E-state index contributed by atoms with van der Waals surface area (Å²) >= 11 is 1.47. The van der Waals surface area contributed by atoms with Crippen LogP contribution < -0.4 is 5.56 Å². The summed E-state index contributed by atoms with van der Waals surface area (Å²) in [5.41, 5.74) is 1.27. The highest BCUT2D eigenvalue weighted by molar-refractivity contribution is 7.98. The molecule has 0 spiro atoms. The molecule has 0 saturated heterocycles. The molecular formula is C14H14FNO2S. The van der Waals surface area contributed by atoms with Crippen LogP contribution in [-0.4, -0.2) is 22.5 Å². The number of halogens is 1. The van der Waals surface area contributed by atoms with Gasteiger partial charge in [0.05, 0.1) is 12.3 Å². The van der Waals surface area contributed by atoms with E-state index in [2.05, 4.69) is 0 Å². The molecule has 0 aliphatic rings. The Balaban J connectivity index is 2.61. The normalized spacial score (nSPS) is 10.7. The van der Waals surface area contributed by atoms with Crippen molar-refractivity contribution in [1.29, 1.82) is 0 Å². The van der Waals surface area contributed by atoms with Crippen molar-refractivity contribution in [2.75, 3.05) is 12.9 Å². The van der Waals surface area contributed by atoms with Crippen LogP contribution in [0.25, 0.3) is 11.3 Å². The van der Waals surface area contributed by atoms with Gasteiger partial charge in [-0.1, -0.05) is 0 Å². The molecule has 19 heavy (non-hydrogen) atoms. The molecule has 1 aromatic carbocycles. The molecule has 100 valence electrons. The van der Waals surface area contributed by atoms with Crippen molar-refractivity contribution in [2.24, 2.45) is 0 Å². The van der Waals surface area contributed by atoms with Crippen LogP contribution in [0.3, 0.4) is 0 Å². The summed E-state index contributed by atoms with van der Waals surface area (Å²) in [4.78, 5) is 12.9. The molecule has 1 aromatic heterocycles. The topological polar surface area (TPSA) is 42.2 Å². The van der Waals surface area contributed by atoms with Crippen molar-refractivity contribution in [2.45, 2.75) is 11.4 Å². The Morgan fingerprint density at radius 2 is 1.95 bits per heavy atom. The van der Waals surface area contributed by atoms with Gasteiger partial charge in [0.1, 0.15) is 5.82 Å². The Labute approximate surface area is 114 Å². The van der Waals surface area contributed by atoms with Gasteiger partial charge in [-0.2, -0.15) is 0 Å². The molecule has 5 heteroatoms. The van der Waals surface area contributed by atoms with Crippen LogP contribution in [0.15, 0.2) is 46.1 Å². The zero-order chi connectivity index (χ0) is 13.8. The number of aliphatic hydroxyl groups excluding tert-OH is 1. The zero-order valence-corrected chi connectivity index (χ0v) is 11.3. The van der Waals surface area contributed by atoms with Gasteiger partial charge in [0.15, 0.2) is 0 Å². The highest BCUT2D eigenvalue weighted by Crippen LogP contribution is 2.23. The number of hydrogen-bond donors (Lipinski definition) is 1. The summed E-state index contributed by atoms with van der Waals surface area (Å²) in [5.74, 6) is -0.319. The minimum Gasteiger partial charge on any atom is -0.395 e. The minimum absolute atomic E-state index is 0.118. The van der Waals surface area contributed by atoms with Crippen LogP contribution in [0.2, 0.25) is 0 Å². The average Bonchev–Trinajstić information content (AvgIpc) is 2.42. The average molecular weight is 279 g/mol. The molecule has 3 nitrogen and oxygen atoms in total. The van der Waals surface area contributed by atoms with E-state index in [4.69, 9.17) is 5.11 Å². The summed E-state index contributed by atoms with van der Waals surface area (Å²) in [6.45, 7) is 0.104. The van der Waals surface area contributed by atoms with Gasteiger partial charge in [-0.05, 0) is 42.2 Å². The van der Waals surface area contributed by atoms with Crippen LogP contribution in [0, 0.1) is 5.82 Å². The van der Waals surface area contributed by atoms with Crippen LogP contribution >= 0.6 is 11.8 Å². The van der Waals surface area contributed by atoms with Gasteiger partial charge >= 0.3 is 0 Å². The fourth-order valence-electron chi connectivity index (χ4n) is 1.88. The molecule has 0 bridgehead atoms. The predicted molar refractivity (Wildman–Crippen MR) is 75.0 cm³/mol. The van der Waals surface area contributed by atoms with Gasteiger partial charge in [-0.3, -0.25) is 4.79 Å². The molecule has 0 amide bonds. The maximum Gasteiger partial charge on any atom is 0.252 e. The Hall–Kier alpha value is -1.59. The van der Waals surface area contributed by atoms with E-state index in [1.807, 2.05) is 12.3 Å². The van der Waals surface area contributed by atoms with Crippen molar-refractivity contribution < 1.29 is 9.50 Å². The molecule has 0 radical (unpaired) electrons. The Bertz CT molecular complexity index is 622. The van der Waals surface area contributed by atoms with E-state index >= 15 is 0 Å². The molecule has 0 atom stereocenters. The van der Waals surface area contributed by atoms with Gasteiger partial charge in [-0.25, -0.2) is 4.39 Å². The van der Waals surface area contributed by atoms with Crippen molar-refractivity contribution >= 4 is 11.8 Å². The molecule has 0 fully saturated rings. The second-order valence-corrected chi connectivity index (χ2v) is 4.88. The monoisotopic (exact) mass is 279 g/mol. The third kappa shape index (κ3) is 3.05. The molecular weight excluding hydrogens is 265 g/mol. The second-order valence-electron chi connectivity index (χ2n) is 4.00. The van der Waals surface area contributed by atoms with Crippen molar-refractivity contribution in [3.05, 3.63) is 52.6 Å². The third-order valence-corrected chi connectivity index (χ3v) is 3.51. The Kier molecular flexibility index (Phi) is 4.39. The molecule has 1 heterocycles. The Morgan fingerprint density at radius 1 is 1.26 bits per heavy atom. The standard InChI is InChI=1S/C14H14FNO2S/c1-19-12-8-13(10-2-4-11(15)5-3-10)16(6-7-17)14(18)9-12/h2-5,8-9,17H,6-7H2,1H3. The number of aliphatic hydroxyl groups is 1. The second kappa shape index (κ2) is 6.04. The first kappa shape index (κ1) is 13.8. The van der Waals surface area contributed by atoms with E-state index in [0.717, 1.165) is 10.5 Å². The first-order valence-corrected chi connectivity index (χ1v) is 7.04. The van der Waals surface area contributed by atoms with Crippen LogP contribution in [0.1, 0.15) is 0 Å². The van der Waals surface area contributed by atoms with E-state index in [9.17, 15) is 9.18 Å². The number of aromatic nitrogens is 1. The molecule has 0 saturated carbocycles. The van der Waals surface area contributed by atoms with Gasteiger partial charge < -0.3 is 9.67 Å². The quantitative estimate of drug-likeness (QED) is 0.874. The van der Waals surface area contributed by atoms with Gasteiger partial charge in [0.2, 0.25) is 0 Å². The fourth-order valence-corrected chi connectivity index (χ4v) is 2.33.